The molecule has 1 aromatic rings. The highest BCUT2D eigenvalue weighted by Gasteiger charge is 2.04. The third-order valence-corrected chi connectivity index (χ3v) is 2.43. The molecule has 1 aromatic carbocycles. The molecule has 0 N–H and O–H groups in total. The van der Waals surface area contributed by atoms with Gasteiger partial charge < -0.3 is 4.79 Å². The Bertz CT molecular complexity index is 332. The summed E-state index contributed by atoms with van der Waals surface area (Å²) in [5, 5.41) is 0. The smallest absolute Gasteiger partial charge is 0.130 e. The third kappa shape index (κ3) is 2.66. The molecule has 0 aliphatic carbocycles. The van der Waals surface area contributed by atoms with Crippen LogP contribution in [0.1, 0.15) is 30.0 Å². The summed E-state index contributed by atoms with van der Waals surface area (Å²) in [6.07, 6.45) is 1.12. The molecule has 0 amide bonds. The SMILES string of the molecule is CC(=O)CCc1cc(C)c(C)c(F)c1. The summed E-state index contributed by atoms with van der Waals surface area (Å²) in [6.45, 7) is 5.20. The van der Waals surface area contributed by atoms with Crippen LogP contribution in [-0.2, 0) is 11.2 Å². The number of hydrogen-bond donors (Lipinski definition) is 0. The molecule has 0 spiro atoms. The molecule has 0 aromatic heterocycles. The van der Waals surface area contributed by atoms with E-state index in [9.17, 15) is 9.18 Å². The summed E-state index contributed by atoms with van der Waals surface area (Å²) >= 11 is 0. The van der Waals surface area contributed by atoms with Gasteiger partial charge in [-0.05, 0) is 49.9 Å². The number of ketones is 1. The Morgan fingerprint density at radius 3 is 2.50 bits per heavy atom. The molecular weight excluding hydrogens is 179 g/mol. The maximum absolute atomic E-state index is 13.3. The molecule has 0 aliphatic rings. The van der Waals surface area contributed by atoms with Crippen LogP contribution in [-0.4, -0.2) is 5.78 Å². The molecule has 0 aliphatic heterocycles. The van der Waals surface area contributed by atoms with Gasteiger partial charge in [-0.1, -0.05) is 6.07 Å². The van der Waals surface area contributed by atoms with E-state index in [0.29, 0.717) is 18.4 Å². The van der Waals surface area contributed by atoms with E-state index in [1.807, 2.05) is 13.0 Å². The average Bonchev–Trinajstić information content (AvgIpc) is 2.10. The summed E-state index contributed by atoms with van der Waals surface area (Å²) < 4.78 is 13.3. The van der Waals surface area contributed by atoms with Crippen LogP contribution in [0.2, 0.25) is 0 Å². The highest BCUT2D eigenvalue weighted by molar-refractivity contribution is 5.75. The Labute approximate surface area is 83.9 Å². The molecule has 1 rings (SSSR count). The Kier molecular flexibility index (Phi) is 3.39. The van der Waals surface area contributed by atoms with Gasteiger partial charge in [0.25, 0.3) is 0 Å². The first kappa shape index (κ1) is 10.9. The minimum absolute atomic E-state index is 0.142. The van der Waals surface area contributed by atoms with Gasteiger partial charge in [-0.25, -0.2) is 4.39 Å². The quantitative estimate of drug-likeness (QED) is 0.723. The minimum atomic E-state index is -0.177. The van der Waals surface area contributed by atoms with E-state index in [1.54, 1.807) is 13.8 Å². The van der Waals surface area contributed by atoms with E-state index in [1.165, 1.54) is 6.07 Å². The van der Waals surface area contributed by atoms with E-state index in [2.05, 4.69) is 0 Å². The maximum Gasteiger partial charge on any atom is 0.130 e. The van der Waals surface area contributed by atoms with Crippen LogP contribution in [0.15, 0.2) is 12.1 Å². The monoisotopic (exact) mass is 194 g/mol. The van der Waals surface area contributed by atoms with Crippen LogP contribution in [0.5, 0.6) is 0 Å². The number of rotatable bonds is 3. The zero-order chi connectivity index (χ0) is 10.7. The van der Waals surface area contributed by atoms with Gasteiger partial charge in [0.2, 0.25) is 0 Å². The normalized spacial score (nSPS) is 10.3. The van der Waals surface area contributed by atoms with Crippen molar-refractivity contribution in [1.82, 2.24) is 0 Å². The summed E-state index contributed by atoms with van der Waals surface area (Å²) in [5.74, 6) is -0.0350. The van der Waals surface area contributed by atoms with Crippen molar-refractivity contribution >= 4 is 5.78 Å². The topological polar surface area (TPSA) is 17.1 Å². The van der Waals surface area contributed by atoms with Gasteiger partial charge in [-0.3, -0.25) is 0 Å². The van der Waals surface area contributed by atoms with Crippen molar-refractivity contribution in [3.63, 3.8) is 0 Å². The molecule has 0 fully saturated rings. The van der Waals surface area contributed by atoms with Gasteiger partial charge in [-0.15, -0.1) is 0 Å². The fraction of sp³-hybridized carbons (Fsp3) is 0.417. The average molecular weight is 194 g/mol. The zero-order valence-electron chi connectivity index (χ0n) is 8.86. The fourth-order valence-corrected chi connectivity index (χ4v) is 1.35. The molecule has 0 atom stereocenters. The van der Waals surface area contributed by atoms with Gasteiger partial charge in [0.05, 0.1) is 0 Å². The number of halogens is 1. The second-order valence-corrected chi connectivity index (χ2v) is 3.72. The summed E-state index contributed by atoms with van der Waals surface area (Å²) in [7, 11) is 0. The summed E-state index contributed by atoms with van der Waals surface area (Å²) in [6, 6.07) is 3.46. The third-order valence-electron chi connectivity index (χ3n) is 2.43. The lowest BCUT2D eigenvalue weighted by Crippen LogP contribution is -1.97. The van der Waals surface area contributed by atoms with E-state index in [-0.39, 0.29) is 11.6 Å². The number of Topliss-reactive ketones (excluding diaryl/α,β-unsaturated/α-hetero) is 1. The van der Waals surface area contributed by atoms with Crippen LogP contribution in [0.25, 0.3) is 0 Å². The van der Waals surface area contributed by atoms with Crippen molar-refractivity contribution < 1.29 is 9.18 Å². The van der Waals surface area contributed by atoms with E-state index in [4.69, 9.17) is 0 Å². The predicted molar refractivity (Wildman–Crippen MR) is 54.9 cm³/mol. The molecule has 14 heavy (non-hydrogen) atoms. The van der Waals surface area contributed by atoms with Gasteiger partial charge in [0.15, 0.2) is 0 Å². The second kappa shape index (κ2) is 4.36. The first-order valence-electron chi connectivity index (χ1n) is 4.75. The molecular formula is C12H15FO. The Hall–Kier alpha value is -1.18. The standard InChI is InChI=1S/C12H15FO/c1-8-6-11(5-4-9(2)14)7-12(13)10(8)3/h6-7H,4-5H2,1-3H3. The number of carbonyl (C=O) groups excluding carboxylic acids is 1. The number of benzene rings is 1. The second-order valence-electron chi connectivity index (χ2n) is 3.72. The van der Waals surface area contributed by atoms with Crippen LogP contribution in [0.3, 0.4) is 0 Å². The predicted octanol–water partition coefficient (Wildman–Crippen LogP) is 2.96. The van der Waals surface area contributed by atoms with E-state index in [0.717, 1.165) is 11.1 Å². The van der Waals surface area contributed by atoms with Crippen LogP contribution in [0.4, 0.5) is 4.39 Å². The van der Waals surface area contributed by atoms with Crippen molar-refractivity contribution in [1.29, 1.82) is 0 Å². The van der Waals surface area contributed by atoms with E-state index >= 15 is 0 Å². The van der Waals surface area contributed by atoms with Crippen molar-refractivity contribution in [2.24, 2.45) is 0 Å². The zero-order valence-corrected chi connectivity index (χ0v) is 8.86. The van der Waals surface area contributed by atoms with Gasteiger partial charge >= 0.3 is 0 Å². The molecule has 0 radical (unpaired) electrons. The van der Waals surface area contributed by atoms with Gasteiger partial charge in [0, 0.05) is 6.42 Å². The highest BCUT2D eigenvalue weighted by atomic mass is 19.1. The van der Waals surface area contributed by atoms with Crippen molar-refractivity contribution in [2.75, 3.05) is 0 Å². The number of aryl methyl sites for hydroxylation is 2. The highest BCUT2D eigenvalue weighted by Crippen LogP contribution is 2.15. The van der Waals surface area contributed by atoms with Crippen LogP contribution in [0, 0.1) is 19.7 Å². The lowest BCUT2D eigenvalue weighted by Gasteiger charge is -2.05. The molecule has 0 bridgehead atoms. The molecule has 0 unspecified atom stereocenters. The molecule has 76 valence electrons. The van der Waals surface area contributed by atoms with Crippen molar-refractivity contribution in [3.05, 3.63) is 34.6 Å². The molecule has 0 saturated heterocycles. The minimum Gasteiger partial charge on any atom is -0.300 e. The first-order chi connectivity index (χ1) is 6.50. The van der Waals surface area contributed by atoms with Crippen LogP contribution >= 0.6 is 0 Å². The molecule has 2 heteroatoms. The summed E-state index contributed by atoms with van der Waals surface area (Å²) in [5.41, 5.74) is 2.54. The molecule has 0 saturated carbocycles. The fourth-order valence-electron chi connectivity index (χ4n) is 1.35. The Morgan fingerprint density at radius 2 is 2.00 bits per heavy atom. The largest absolute Gasteiger partial charge is 0.300 e. The van der Waals surface area contributed by atoms with E-state index < -0.39 is 0 Å². The molecule has 1 nitrogen and oxygen atoms in total. The first-order valence-corrected chi connectivity index (χ1v) is 4.75. The van der Waals surface area contributed by atoms with Crippen molar-refractivity contribution in [3.8, 4) is 0 Å². The Balaban J connectivity index is 2.84. The van der Waals surface area contributed by atoms with Gasteiger partial charge in [0.1, 0.15) is 11.6 Å². The van der Waals surface area contributed by atoms with Crippen molar-refractivity contribution in [2.45, 2.75) is 33.6 Å². The molecule has 0 heterocycles. The van der Waals surface area contributed by atoms with Crippen LogP contribution < -0.4 is 0 Å². The Morgan fingerprint density at radius 1 is 1.36 bits per heavy atom. The lowest BCUT2D eigenvalue weighted by molar-refractivity contribution is -0.116. The number of carbonyl (C=O) groups is 1. The maximum atomic E-state index is 13.3. The lowest BCUT2D eigenvalue weighted by atomic mass is 10.0. The van der Waals surface area contributed by atoms with Gasteiger partial charge in [-0.2, -0.15) is 0 Å². The summed E-state index contributed by atoms with van der Waals surface area (Å²) in [4.78, 5) is 10.8. The number of hydrogen-bond acceptors (Lipinski definition) is 1.